The third-order valence-electron chi connectivity index (χ3n) is 4.28. The van der Waals surface area contributed by atoms with Crippen LogP contribution >= 0.6 is 0 Å². The number of aliphatic carboxylic acids is 1. The van der Waals surface area contributed by atoms with Gasteiger partial charge >= 0.3 is 5.97 Å². The van der Waals surface area contributed by atoms with Crippen LogP contribution in [0.1, 0.15) is 41.6 Å². The molecule has 5 nitrogen and oxygen atoms in total. The number of nitrogens with two attached hydrogens (primary N) is 1. The summed E-state index contributed by atoms with van der Waals surface area (Å²) in [4.78, 5) is 23.1. The van der Waals surface area contributed by atoms with Crippen LogP contribution in [-0.4, -0.2) is 23.5 Å². The quantitative estimate of drug-likeness (QED) is 0.741. The molecule has 0 aliphatic heterocycles. The number of hydrogen-bond donors (Lipinski definition) is 3. The van der Waals surface area contributed by atoms with Crippen LogP contribution in [0.4, 0.5) is 5.69 Å². The Bertz CT molecular complexity index is 514. The number of carboxylic acids is 1. The van der Waals surface area contributed by atoms with Crippen molar-refractivity contribution >= 4 is 17.6 Å². The first-order valence-corrected chi connectivity index (χ1v) is 7.35. The number of nitrogens with one attached hydrogen (secondary N) is 1. The van der Waals surface area contributed by atoms with E-state index in [2.05, 4.69) is 5.32 Å². The number of nitrogen functional groups attached to an aromatic ring is 1. The zero-order chi connectivity index (χ0) is 15.4. The molecule has 1 aromatic carbocycles. The fourth-order valence-corrected chi connectivity index (χ4v) is 2.94. The van der Waals surface area contributed by atoms with Crippen molar-refractivity contribution < 1.29 is 14.7 Å². The molecule has 5 heteroatoms. The van der Waals surface area contributed by atoms with Gasteiger partial charge in [0.2, 0.25) is 0 Å². The normalized spacial score (nSPS) is 21.8. The van der Waals surface area contributed by atoms with Crippen LogP contribution in [-0.2, 0) is 4.79 Å². The maximum absolute atomic E-state index is 12.2. The topological polar surface area (TPSA) is 92.4 Å². The van der Waals surface area contributed by atoms with Crippen LogP contribution in [0.15, 0.2) is 18.2 Å². The summed E-state index contributed by atoms with van der Waals surface area (Å²) in [7, 11) is 0. The molecule has 1 fully saturated rings. The third kappa shape index (κ3) is 3.74. The fourth-order valence-electron chi connectivity index (χ4n) is 2.94. The molecule has 1 saturated carbocycles. The van der Waals surface area contributed by atoms with E-state index in [1.165, 1.54) is 0 Å². The van der Waals surface area contributed by atoms with Crippen LogP contribution in [0, 0.1) is 18.8 Å². The highest BCUT2D eigenvalue weighted by Crippen LogP contribution is 2.28. The van der Waals surface area contributed by atoms with Crippen molar-refractivity contribution in [2.45, 2.75) is 32.6 Å². The Morgan fingerprint density at radius 2 is 1.95 bits per heavy atom. The first-order valence-electron chi connectivity index (χ1n) is 7.35. The Hall–Kier alpha value is -2.04. The molecule has 0 unspecified atom stereocenters. The molecule has 1 aliphatic carbocycles. The number of aryl methyl sites for hydroxylation is 1. The van der Waals surface area contributed by atoms with Crippen molar-refractivity contribution in [3.63, 3.8) is 0 Å². The van der Waals surface area contributed by atoms with E-state index in [4.69, 9.17) is 10.8 Å². The lowest BCUT2D eigenvalue weighted by Crippen LogP contribution is -2.33. The van der Waals surface area contributed by atoms with E-state index in [9.17, 15) is 9.59 Å². The Morgan fingerprint density at radius 1 is 1.29 bits per heavy atom. The van der Waals surface area contributed by atoms with Crippen LogP contribution in [0.2, 0.25) is 0 Å². The van der Waals surface area contributed by atoms with Crippen molar-refractivity contribution in [1.82, 2.24) is 5.32 Å². The van der Waals surface area contributed by atoms with Gasteiger partial charge in [0.05, 0.1) is 11.5 Å². The van der Waals surface area contributed by atoms with Gasteiger partial charge in [0, 0.05) is 12.2 Å². The van der Waals surface area contributed by atoms with Gasteiger partial charge in [-0.2, -0.15) is 0 Å². The highest BCUT2D eigenvalue weighted by molar-refractivity contribution is 6.00. The van der Waals surface area contributed by atoms with E-state index in [1.54, 1.807) is 6.07 Å². The maximum Gasteiger partial charge on any atom is 0.306 e. The molecule has 0 aromatic heterocycles. The lowest BCUT2D eigenvalue weighted by atomic mass is 9.82. The number of anilines is 1. The van der Waals surface area contributed by atoms with E-state index < -0.39 is 5.97 Å². The molecule has 2 rings (SSSR count). The summed E-state index contributed by atoms with van der Waals surface area (Å²) in [6.07, 6.45) is 3.09. The van der Waals surface area contributed by atoms with E-state index in [0.29, 0.717) is 36.6 Å². The third-order valence-corrected chi connectivity index (χ3v) is 4.28. The first kappa shape index (κ1) is 15.4. The number of carboxylic acid groups (broad SMARTS) is 1. The molecular formula is C16H22N2O3. The minimum atomic E-state index is -0.704. The van der Waals surface area contributed by atoms with Gasteiger partial charge in [-0.15, -0.1) is 0 Å². The summed E-state index contributed by atoms with van der Waals surface area (Å²) in [5.41, 5.74) is 7.75. The zero-order valence-corrected chi connectivity index (χ0v) is 12.3. The standard InChI is InChI=1S/C16H22N2O3/c1-10-3-2-4-13(17)14(10)15(19)18-9-11-5-7-12(8-6-11)16(20)21/h2-4,11-12H,5-9,17H2,1H3,(H,18,19)(H,20,21)/t11-,12-. The Morgan fingerprint density at radius 3 is 2.52 bits per heavy atom. The zero-order valence-electron chi connectivity index (χ0n) is 12.3. The van der Waals surface area contributed by atoms with Gasteiger partial charge in [-0.25, -0.2) is 0 Å². The van der Waals surface area contributed by atoms with Crippen LogP contribution in [0.25, 0.3) is 0 Å². The Labute approximate surface area is 124 Å². The van der Waals surface area contributed by atoms with Crippen LogP contribution < -0.4 is 11.1 Å². The number of amides is 1. The van der Waals surface area contributed by atoms with E-state index in [0.717, 1.165) is 18.4 Å². The van der Waals surface area contributed by atoms with Gasteiger partial charge in [-0.1, -0.05) is 12.1 Å². The number of benzene rings is 1. The monoisotopic (exact) mass is 290 g/mol. The van der Waals surface area contributed by atoms with E-state index in [-0.39, 0.29) is 11.8 Å². The highest BCUT2D eigenvalue weighted by Gasteiger charge is 2.26. The summed E-state index contributed by atoms with van der Waals surface area (Å²) in [5, 5.41) is 11.9. The van der Waals surface area contributed by atoms with Crippen molar-refractivity contribution in [2.24, 2.45) is 11.8 Å². The van der Waals surface area contributed by atoms with Crippen molar-refractivity contribution in [2.75, 3.05) is 12.3 Å². The first-order chi connectivity index (χ1) is 9.99. The number of carbonyl (C=O) groups excluding carboxylic acids is 1. The molecule has 0 heterocycles. The molecule has 0 radical (unpaired) electrons. The maximum atomic E-state index is 12.2. The molecular weight excluding hydrogens is 268 g/mol. The molecule has 21 heavy (non-hydrogen) atoms. The summed E-state index contributed by atoms with van der Waals surface area (Å²) in [5.74, 6) is -0.713. The number of hydrogen-bond acceptors (Lipinski definition) is 3. The number of rotatable bonds is 4. The average Bonchev–Trinajstić information content (AvgIpc) is 2.45. The summed E-state index contributed by atoms with van der Waals surface area (Å²) in [6.45, 7) is 2.45. The summed E-state index contributed by atoms with van der Waals surface area (Å²) < 4.78 is 0. The predicted octanol–water partition coefficient (Wildman–Crippen LogP) is 2.20. The number of carbonyl (C=O) groups is 2. The lowest BCUT2D eigenvalue weighted by Gasteiger charge is -2.26. The summed E-state index contributed by atoms with van der Waals surface area (Å²) in [6, 6.07) is 5.41. The highest BCUT2D eigenvalue weighted by atomic mass is 16.4. The molecule has 1 amide bonds. The molecule has 4 N–H and O–H groups in total. The van der Waals surface area contributed by atoms with E-state index >= 15 is 0 Å². The van der Waals surface area contributed by atoms with E-state index in [1.807, 2.05) is 19.1 Å². The second kappa shape index (κ2) is 6.61. The van der Waals surface area contributed by atoms with Crippen molar-refractivity contribution in [1.29, 1.82) is 0 Å². The molecule has 0 spiro atoms. The van der Waals surface area contributed by atoms with Gasteiger partial charge < -0.3 is 16.2 Å². The minimum absolute atomic E-state index is 0.147. The van der Waals surface area contributed by atoms with Gasteiger partial charge in [-0.05, 0) is 50.2 Å². The summed E-state index contributed by atoms with van der Waals surface area (Å²) >= 11 is 0. The van der Waals surface area contributed by atoms with Gasteiger partial charge in [0.1, 0.15) is 0 Å². The largest absolute Gasteiger partial charge is 0.481 e. The van der Waals surface area contributed by atoms with Crippen molar-refractivity contribution in [3.05, 3.63) is 29.3 Å². The van der Waals surface area contributed by atoms with Gasteiger partial charge in [0.25, 0.3) is 5.91 Å². The molecule has 1 aromatic rings. The molecule has 0 atom stereocenters. The van der Waals surface area contributed by atoms with Crippen LogP contribution in [0.5, 0.6) is 0 Å². The SMILES string of the molecule is Cc1cccc(N)c1C(=O)NC[C@H]1CC[C@H](C(=O)O)CC1. The second-order valence-electron chi connectivity index (χ2n) is 5.81. The average molecular weight is 290 g/mol. The predicted molar refractivity (Wildman–Crippen MR) is 81.0 cm³/mol. The molecule has 0 bridgehead atoms. The Kier molecular flexibility index (Phi) is 4.83. The molecule has 114 valence electrons. The fraction of sp³-hybridized carbons (Fsp3) is 0.500. The molecule has 0 saturated heterocycles. The van der Waals surface area contributed by atoms with Gasteiger partial charge in [-0.3, -0.25) is 9.59 Å². The Balaban J connectivity index is 1.87. The smallest absolute Gasteiger partial charge is 0.306 e. The second-order valence-corrected chi connectivity index (χ2v) is 5.81. The van der Waals surface area contributed by atoms with Gasteiger partial charge in [0.15, 0.2) is 0 Å². The minimum Gasteiger partial charge on any atom is -0.481 e. The van der Waals surface area contributed by atoms with Crippen LogP contribution in [0.3, 0.4) is 0 Å². The lowest BCUT2D eigenvalue weighted by molar-refractivity contribution is -0.143. The van der Waals surface area contributed by atoms with Crippen molar-refractivity contribution in [3.8, 4) is 0 Å². The molecule has 1 aliphatic rings.